The van der Waals surface area contributed by atoms with Gasteiger partial charge in [-0.1, -0.05) is 53.0 Å². The third-order valence-corrected chi connectivity index (χ3v) is 4.36. The van der Waals surface area contributed by atoms with E-state index in [1.54, 1.807) is 42.5 Å². The summed E-state index contributed by atoms with van der Waals surface area (Å²) in [5.74, 6) is 0.109. The van der Waals surface area contributed by atoms with E-state index in [9.17, 15) is 8.63 Å². The van der Waals surface area contributed by atoms with Crippen molar-refractivity contribution in [2.45, 2.75) is 3.79 Å². The summed E-state index contributed by atoms with van der Waals surface area (Å²) in [4.78, 5) is 0. The number of rotatable bonds is 3. The van der Waals surface area contributed by atoms with Crippen LogP contribution in [-0.2, 0) is 4.65 Å². The number of hydrogen-bond acceptors (Lipinski definition) is 2. The van der Waals surface area contributed by atoms with Gasteiger partial charge in [0.25, 0.3) is 0 Å². The number of nitrogens with zero attached hydrogens (tertiary/aromatic N) is 1. The van der Waals surface area contributed by atoms with Gasteiger partial charge in [-0.25, -0.2) is 0 Å². The highest BCUT2D eigenvalue weighted by atomic mass is 35.6. The summed E-state index contributed by atoms with van der Waals surface area (Å²) in [5, 5.41) is 0. The minimum absolute atomic E-state index is 0.161. The summed E-state index contributed by atoms with van der Waals surface area (Å²) < 4.78 is 38.4. The van der Waals surface area contributed by atoms with Crippen LogP contribution < -0.4 is 4.74 Å². The molecule has 0 bridgehead atoms. The lowest BCUT2D eigenvalue weighted by molar-refractivity contribution is -0.353. The zero-order valence-electron chi connectivity index (χ0n) is 13.5. The molecule has 1 aliphatic rings. The van der Waals surface area contributed by atoms with E-state index < -0.39 is 16.6 Å². The van der Waals surface area contributed by atoms with E-state index in [-0.39, 0.29) is 11.4 Å². The van der Waals surface area contributed by atoms with E-state index in [2.05, 4.69) is 0 Å². The van der Waals surface area contributed by atoms with Gasteiger partial charge in [-0.2, -0.15) is 0 Å². The molecule has 1 aliphatic heterocycles. The topological polar surface area (TPSA) is 21.5 Å². The van der Waals surface area contributed by atoms with Gasteiger partial charge < -0.3 is 22.5 Å². The normalized spacial score (nSPS) is 16.8. The van der Waals surface area contributed by atoms with Crippen LogP contribution in [0.1, 0.15) is 5.56 Å². The van der Waals surface area contributed by atoms with E-state index in [1.165, 1.54) is 25.3 Å². The average Bonchev–Trinajstić information content (AvgIpc) is 2.60. The second-order valence-electron chi connectivity index (χ2n) is 5.50. The molecule has 3 nitrogen and oxygen atoms in total. The molecule has 0 atom stereocenters. The van der Waals surface area contributed by atoms with Gasteiger partial charge in [-0.05, 0) is 24.3 Å². The maximum Gasteiger partial charge on any atom is 0.834 e. The van der Waals surface area contributed by atoms with Crippen molar-refractivity contribution in [1.82, 2.24) is 0 Å². The molecular formula is C17H13BCl3F2NO2. The number of benzene rings is 2. The Hall–Kier alpha value is -1.76. The van der Waals surface area contributed by atoms with Crippen molar-refractivity contribution >= 4 is 53.2 Å². The highest BCUT2D eigenvalue weighted by Crippen LogP contribution is 2.41. The highest BCUT2D eigenvalue weighted by molar-refractivity contribution is 6.70. The molecule has 0 saturated heterocycles. The summed E-state index contributed by atoms with van der Waals surface area (Å²) in [7, 11) is -3.04. The van der Waals surface area contributed by atoms with E-state index in [0.717, 1.165) is 4.49 Å². The molecular weight excluding hydrogens is 405 g/mol. The molecule has 1 heterocycles. The van der Waals surface area contributed by atoms with Crippen LogP contribution in [0.25, 0.3) is 0 Å². The van der Waals surface area contributed by atoms with Crippen molar-refractivity contribution in [3.8, 4) is 5.75 Å². The first-order chi connectivity index (χ1) is 12.2. The van der Waals surface area contributed by atoms with E-state index >= 15 is 0 Å². The zero-order chi connectivity index (χ0) is 18.9. The third-order valence-electron chi connectivity index (χ3n) is 3.80. The lowest BCUT2D eigenvalue weighted by Crippen LogP contribution is -2.47. The molecule has 0 fully saturated rings. The standard InChI is InChI=1S/C17H13BCl3F2NO2/c1-25-14-9-7-13(8-10-14)24-15(12-5-3-2-4-6-12)11-16(17(19,20)21)26-18(24,22)23/h2-11H,1H3. The van der Waals surface area contributed by atoms with Crippen LogP contribution in [-0.4, -0.2) is 28.1 Å². The third kappa shape index (κ3) is 3.82. The van der Waals surface area contributed by atoms with Gasteiger partial charge in [0.05, 0.1) is 7.11 Å². The first-order valence-electron chi connectivity index (χ1n) is 7.57. The second-order valence-corrected chi connectivity index (χ2v) is 7.79. The number of alkyl halides is 3. The van der Waals surface area contributed by atoms with Crippen molar-refractivity contribution in [2.75, 3.05) is 7.11 Å². The predicted molar refractivity (Wildman–Crippen MR) is 101 cm³/mol. The van der Waals surface area contributed by atoms with Crippen LogP contribution >= 0.6 is 34.8 Å². The van der Waals surface area contributed by atoms with Gasteiger partial charge in [0, 0.05) is 23.8 Å². The Morgan fingerprint density at radius 3 is 2.15 bits per heavy atom. The predicted octanol–water partition coefficient (Wildman–Crippen LogP) is 5.49. The number of ether oxygens (including phenoxy) is 1. The van der Waals surface area contributed by atoms with Crippen LogP contribution in [0.15, 0.2) is 66.4 Å². The fourth-order valence-electron chi connectivity index (χ4n) is 2.63. The maximum atomic E-state index is 15.0. The largest absolute Gasteiger partial charge is 0.834 e. The molecule has 0 saturated carbocycles. The molecule has 2 aromatic rings. The molecule has 3 rings (SSSR count). The lowest BCUT2D eigenvalue weighted by Gasteiger charge is -2.32. The molecule has 0 spiro atoms. The van der Waals surface area contributed by atoms with E-state index in [1.807, 2.05) is 0 Å². The van der Waals surface area contributed by atoms with Gasteiger partial charge in [-0.3, -0.25) is 0 Å². The Morgan fingerprint density at radius 2 is 1.62 bits per heavy atom. The quantitative estimate of drug-likeness (QED) is 0.486. The van der Waals surface area contributed by atoms with Crippen molar-refractivity contribution < 1.29 is 22.5 Å². The van der Waals surface area contributed by atoms with Gasteiger partial charge in [0.1, 0.15) is 11.5 Å². The Labute approximate surface area is 164 Å². The van der Waals surface area contributed by atoms with Crippen molar-refractivity contribution in [2.24, 2.45) is 0 Å². The summed E-state index contributed by atoms with van der Waals surface area (Å²) in [6, 6.07) is 14.8. The minimum atomic E-state index is -4.54. The number of methoxy groups -OCH3 is 1. The smallest absolute Gasteiger partial charge is 0.599 e. The molecule has 0 aliphatic carbocycles. The van der Waals surface area contributed by atoms with Crippen LogP contribution in [0.5, 0.6) is 5.75 Å². The first kappa shape index (κ1) is 19.0. The Bertz CT molecular complexity index is 866. The van der Waals surface area contributed by atoms with Crippen molar-refractivity contribution in [3.63, 3.8) is 0 Å². The first-order valence-corrected chi connectivity index (χ1v) is 8.70. The van der Waals surface area contributed by atoms with Gasteiger partial charge in [-0.15, -0.1) is 0 Å². The van der Waals surface area contributed by atoms with Gasteiger partial charge in [0.2, 0.25) is 3.79 Å². The molecule has 2 aromatic carbocycles. The van der Waals surface area contributed by atoms with Crippen LogP contribution in [0, 0.1) is 0 Å². The van der Waals surface area contributed by atoms with E-state index in [0.29, 0.717) is 11.3 Å². The van der Waals surface area contributed by atoms with Crippen LogP contribution in [0.4, 0.5) is 14.3 Å². The second kappa shape index (κ2) is 7.10. The molecule has 136 valence electrons. The van der Waals surface area contributed by atoms with Crippen molar-refractivity contribution in [1.29, 1.82) is 0 Å². The Morgan fingerprint density at radius 1 is 1.00 bits per heavy atom. The molecule has 0 aromatic heterocycles. The molecule has 0 N–H and O–H groups in total. The Kier molecular flexibility index (Phi) is 5.19. The highest BCUT2D eigenvalue weighted by Gasteiger charge is 2.54. The average molecular weight is 418 g/mol. The number of hydrogen-bond donors (Lipinski definition) is 0. The lowest BCUT2D eigenvalue weighted by atomic mass is 9.95. The SMILES string of the molecule is COc1ccc([N+]2=C(c3ccccc3)C=C(C(Cl)(Cl)Cl)O[B-]2(F)F)cc1. The molecule has 0 radical (unpaired) electrons. The number of allylic oxidation sites excluding steroid dienone is 2. The fourth-order valence-corrected chi connectivity index (χ4v) is 2.93. The van der Waals surface area contributed by atoms with E-state index in [4.69, 9.17) is 44.2 Å². The Balaban J connectivity index is 2.27. The van der Waals surface area contributed by atoms with Crippen LogP contribution in [0.3, 0.4) is 0 Å². The summed E-state index contributed by atoms with van der Waals surface area (Å²) >= 11 is 17.4. The van der Waals surface area contributed by atoms with Crippen LogP contribution in [0.2, 0.25) is 0 Å². The maximum absolute atomic E-state index is 15.0. The molecule has 9 heteroatoms. The molecule has 0 unspecified atom stereocenters. The van der Waals surface area contributed by atoms with Gasteiger partial charge in [0.15, 0.2) is 11.4 Å². The molecule has 26 heavy (non-hydrogen) atoms. The summed E-state index contributed by atoms with van der Waals surface area (Å²) in [5.41, 5.74) is 0.905. The molecule has 0 amide bonds. The zero-order valence-corrected chi connectivity index (χ0v) is 15.8. The minimum Gasteiger partial charge on any atom is -0.599 e. The summed E-state index contributed by atoms with van der Waals surface area (Å²) in [6.07, 6.45) is 1.31. The number of halogens is 5. The monoisotopic (exact) mass is 417 g/mol. The van der Waals surface area contributed by atoms with Crippen molar-refractivity contribution in [3.05, 3.63) is 72.0 Å². The fraction of sp³-hybridized carbons (Fsp3) is 0.118. The summed E-state index contributed by atoms with van der Waals surface area (Å²) in [6.45, 7) is 0. The van der Waals surface area contributed by atoms with Gasteiger partial charge >= 0.3 is 7.04 Å².